The molecule has 35 heavy (non-hydrogen) atoms. The van der Waals surface area contributed by atoms with Gasteiger partial charge in [0.15, 0.2) is 17.3 Å². The molecule has 0 aliphatic carbocycles. The van der Waals surface area contributed by atoms with Crippen molar-refractivity contribution in [2.45, 2.75) is 39.5 Å². The number of urea groups is 1. The molecule has 2 amide bonds. The molecule has 0 bridgehead atoms. The molecule has 1 aliphatic heterocycles. The lowest BCUT2D eigenvalue weighted by molar-refractivity contribution is 0.262. The first-order chi connectivity index (χ1) is 17.2. The average Bonchev–Trinajstić information content (AvgIpc) is 3.16. The summed E-state index contributed by atoms with van der Waals surface area (Å²) < 4.78 is 11.2. The normalized spacial score (nSPS) is 13.6. The summed E-state index contributed by atoms with van der Waals surface area (Å²) in [5, 5.41) is 14.6. The minimum Gasteiger partial charge on any atom is -0.490 e. The van der Waals surface area contributed by atoms with Crippen molar-refractivity contribution in [1.82, 2.24) is 10.2 Å². The van der Waals surface area contributed by atoms with Gasteiger partial charge in [0.2, 0.25) is 0 Å². The van der Waals surface area contributed by atoms with E-state index >= 15 is 0 Å². The lowest BCUT2D eigenvalue weighted by Gasteiger charge is -2.20. The van der Waals surface area contributed by atoms with E-state index in [0.717, 1.165) is 30.2 Å². The predicted molar refractivity (Wildman–Crippen MR) is 140 cm³/mol. The molecule has 0 atom stereocenters. The lowest BCUT2D eigenvalue weighted by atomic mass is 10.1. The van der Waals surface area contributed by atoms with Gasteiger partial charge in [0, 0.05) is 36.1 Å². The van der Waals surface area contributed by atoms with Crippen LogP contribution in [0, 0.1) is 0 Å². The number of carbonyl (C=O) groups is 1. The molecule has 8 heteroatoms. The number of anilines is 3. The minimum atomic E-state index is -0.342. The van der Waals surface area contributed by atoms with Crippen LogP contribution in [0.3, 0.4) is 0 Å². The Bertz CT molecular complexity index is 1090. The topological polar surface area (TPSA) is 88.6 Å². The van der Waals surface area contributed by atoms with Gasteiger partial charge < -0.3 is 25.0 Å². The maximum atomic E-state index is 12.5. The number of hydrogen-bond donors (Lipinski definition) is 2. The van der Waals surface area contributed by atoms with Crippen molar-refractivity contribution < 1.29 is 14.3 Å². The van der Waals surface area contributed by atoms with E-state index in [1.165, 1.54) is 25.7 Å². The van der Waals surface area contributed by atoms with Crippen molar-refractivity contribution in [3.8, 4) is 22.8 Å². The quantitative estimate of drug-likeness (QED) is 0.418. The van der Waals surface area contributed by atoms with Gasteiger partial charge in [0.05, 0.1) is 18.9 Å². The van der Waals surface area contributed by atoms with Crippen LogP contribution in [0.5, 0.6) is 11.5 Å². The predicted octanol–water partition coefficient (Wildman–Crippen LogP) is 5.97. The summed E-state index contributed by atoms with van der Waals surface area (Å²) >= 11 is 0. The third kappa shape index (κ3) is 6.62. The third-order valence-electron chi connectivity index (χ3n) is 5.82. The first-order valence-electron chi connectivity index (χ1n) is 12.3. The molecule has 1 aliphatic rings. The molecule has 1 saturated heterocycles. The smallest absolute Gasteiger partial charge is 0.323 e. The highest BCUT2D eigenvalue weighted by molar-refractivity contribution is 6.00. The van der Waals surface area contributed by atoms with Crippen LogP contribution >= 0.6 is 0 Å². The zero-order valence-corrected chi connectivity index (χ0v) is 20.4. The number of hydrogen-bond acceptors (Lipinski definition) is 6. The van der Waals surface area contributed by atoms with Crippen molar-refractivity contribution in [3.05, 3.63) is 54.6 Å². The molecule has 2 N–H and O–H groups in total. The standard InChI is InChI=1S/C27H33N5O3/c1-3-34-24-15-13-22(19-25(24)35-4-2)29-27(33)28-21-11-9-20(10-12-21)23-14-16-26(31-30-23)32-17-7-5-6-8-18-32/h9-16,19H,3-8,17-18H2,1-2H3,(H2,28,29,33). The van der Waals surface area contributed by atoms with Gasteiger partial charge in [-0.2, -0.15) is 0 Å². The molecule has 2 heterocycles. The van der Waals surface area contributed by atoms with E-state index in [1.54, 1.807) is 18.2 Å². The number of nitrogens with one attached hydrogen (secondary N) is 2. The second kappa shape index (κ2) is 12.1. The SMILES string of the molecule is CCOc1ccc(NC(=O)Nc2ccc(-c3ccc(N4CCCCCC4)nn3)cc2)cc1OCC. The molecular weight excluding hydrogens is 442 g/mol. The molecule has 3 aromatic rings. The number of benzene rings is 2. The summed E-state index contributed by atoms with van der Waals surface area (Å²) in [5.41, 5.74) is 3.04. The Kier molecular flexibility index (Phi) is 8.38. The van der Waals surface area contributed by atoms with Crippen LogP contribution in [0.2, 0.25) is 0 Å². The van der Waals surface area contributed by atoms with Gasteiger partial charge in [0.25, 0.3) is 0 Å². The summed E-state index contributed by atoms with van der Waals surface area (Å²) in [7, 11) is 0. The van der Waals surface area contributed by atoms with Gasteiger partial charge in [-0.3, -0.25) is 0 Å². The zero-order chi connectivity index (χ0) is 24.5. The van der Waals surface area contributed by atoms with Gasteiger partial charge in [-0.25, -0.2) is 4.79 Å². The van der Waals surface area contributed by atoms with Crippen molar-refractivity contribution in [3.63, 3.8) is 0 Å². The summed E-state index contributed by atoms with van der Waals surface area (Å²) in [6, 6.07) is 16.6. The molecule has 0 spiro atoms. The first-order valence-corrected chi connectivity index (χ1v) is 12.3. The van der Waals surface area contributed by atoms with Crippen LogP contribution in [0.4, 0.5) is 22.0 Å². The van der Waals surface area contributed by atoms with Crippen LogP contribution in [0.15, 0.2) is 54.6 Å². The fourth-order valence-electron chi connectivity index (χ4n) is 4.09. The van der Waals surface area contributed by atoms with Gasteiger partial charge >= 0.3 is 6.03 Å². The summed E-state index contributed by atoms with van der Waals surface area (Å²) in [6.07, 6.45) is 4.99. The van der Waals surface area contributed by atoms with E-state index in [9.17, 15) is 4.79 Å². The zero-order valence-electron chi connectivity index (χ0n) is 20.4. The fraction of sp³-hybridized carbons (Fsp3) is 0.370. The van der Waals surface area contributed by atoms with Gasteiger partial charge in [-0.1, -0.05) is 25.0 Å². The lowest BCUT2D eigenvalue weighted by Crippen LogP contribution is -2.25. The molecular formula is C27H33N5O3. The molecule has 0 saturated carbocycles. The molecule has 8 nitrogen and oxygen atoms in total. The Hall–Kier alpha value is -3.81. The second-order valence-corrected chi connectivity index (χ2v) is 8.36. The Morgan fingerprint density at radius 1 is 0.800 bits per heavy atom. The van der Waals surface area contributed by atoms with E-state index in [2.05, 4.69) is 25.7 Å². The Morgan fingerprint density at radius 2 is 1.46 bits per heavy atom. The highest BCUT2D eigenvalue weighted by Crippen LogP contribution is 2.31. The van der Waals surface area contributed by atoms with Crippen LogP contribution < -0.4 is 25.0 Å². The van der Waals surface area contributed by atoms with Crippen molar-refractivity contribution in [2.24, 2.45) is 0 Å². The van der Waals surface area contributed by atoms with E-state index < -0.39 is 0 Å². The highest BCUT2D eigenvalue weighted by Gasteiger charge is 2.12. The van der Waals surface area contributed by atoms with Crippen molar-refractivity contribution in [1.29, 1.82) is 0 Å². The average molecular weight is 476 g/mol. The van der Waals surface area contributed by atoms with Crippen LogP contribution in [-0.4, -0.2) is 42.5 Å². The molecule has 0 unspecified atom stereocenters. The summed E-state index contributed by atoms with van der Waals surface area (Å²) in [4.78, 5) is 14.8. The molecule has 4 rings (SSSR count). The number of amides is 2. The van der Waals surface area contributed by atoms with Crippen LogP contribution in [-0.2, 0) is 0 Å². The van der Waals surface area contributed by atoms with Crippen molar-refractivity contribution in [2.75, 3.05) is 41.8 Å². The largest absolute Gasteiger partial charge is 0.490 e. The van der Waals surface area contributed by atoms with Gasteiger partial charge in [0.1, 0.15) is 0 Å². The Labute approximate surface area is 206 Å². The maximum absolute atomic E-state index is 12.5. The third-order valence-corrected chi connectivity index (χ3v) is 5.82. The Balaban J connectivity index is 1.36. The highest BCUT2D eigenvalue weighted by atomic mass is 16.5. The maximum Gasteiger partial charge on any atom is 0.323 e. The summed E-state index contributed by atoms with van der Waals surface area (Å²) in [5.74, 6) is 2.19. The monoisotopic (exact) mass is 475 g/mol. The van der Waals surface area contributed by atoms with Crippen LogP contribution in [0.1, 0.15) is 39.5 Å². The van der Waals surface area contributed by atoms with Gasteiger partial charge in [-0.15, -0.1) is 10.2 Å². The number of carbonyl (C=O) groups excluding carboxylic acids is 1. The summed E-state index contributed by atoms with van der Waals surface area (Å²) in [6.45, 7) is 6.95. The van der Waals surface area contributed by atoms with E-state index in [0.29, 0.717) is 36.1 Å². The minimum absolute atomic E-state index is 0.342. The molecule has 0 radical (unpaired) electrons. The molecule has 1 aromatic heterocycles. The first kappa shape index (κ1) is 24.3. The van der Waals surface area contributed by atoms with Crippen LogP contribution in [0.25, 0.3) is 11.3 Å². The van der Waals surface area contributed by atoms with Crippen molar-refractivity contribution >= 4 is 23.2 Å². The molecule has 1 fully saturated rings. The van der Waals surface area contributed by atoms with E-state index in [1.807, 2.05) is 50.2 Å². The number of nitrogens with zero attached hydrogens (tertiary/aromatic N) is 3. The number of rotatable bonds is 8. The number of ether oxygens (including phenoxy) is 2. The fourth-order valence-corrected chi connectivity index (χ4v) is 4.09. The van der Waals surface area contributed by atoms with E-state index in [4.69, 9.17) is 9.47 Å². The molecule has 184 valence electrons. The second-order valence-electron chi connectivity index (χ2n) is 8.36. The van der Waals surface area contributed by atoms with Gasteiger partial charge in [-0.05, 0) is 63.1 Å². The Morgan fingerprint density at radius 3 is 2.11 bits per heavy atom. The van der Waals surface area contributed by atoms with E-state index in [-0.39, 0.29) is 6.03 Å². The molecule has 2 aromatic carbocycles. The number of aromatic nitrogens is 2.